The number of pyridine rings is 1. The number of carbonyl (C=O) groups is 3. The Hall–Kier alpha value is -4.91. The van der Waals surface area contributed by atoms with Crippen LogP contribution < -0.4 is 9.80 Å². The minimum Gasteiger partial charge on any atom is -0.460 e. The molecular weight excluding hydrogens is 546 g/mol. The van der Waals surface area contributed by atoms with Crippen LogP contribution in [0, 0.1) is 18.3 Å². The van der Waals surface area contributed by atoms with Crippen molar-refractivity contribution in [3.8, 4) is 6.07 Å². The minimum absolute atomic E-state index is 0.0260. The summed E-state index contributed by atoms with van der Waals surface area (Å²) in [4.78, 5) is 48.3. The second-order valence-electron chi connectivity index (χ2n) is 10.9. The van der Waals surface area contributed by atoms with Crippen LogP contribution in [0.5, 0.6) is 0 Å². The number of carbonyl (C=O) groups excluding carboxylic acids is 3. The number of ether oxygens (including phenoxy) is 2. The van der Waals surface area contributed by atoms with Gasteiger partial charge in [-0.3, -0.25) is 9.69 Å². The molecule has 1 saturated carbocycles. The molecule has 0 bridgehead atoms. The SMILES string of the molecule is CCN(CCN(C)c1ncc(C2CC2)cc1C)C(=O)c1ccc(N2C(=O)OC[C@H]2COC(=O)c2ccccc2)cc1C#N. The standard InChI is InChI=1S/C33H35N5O5/c1-4-37(15-14-36(3)30-22(2)16-26(19-35-30)23-10-11-23)31(39)29-13-12-27(17-25(29)18-34)38-28(21-43-33(38)41)20-42-32(40)24-8-6-5-7-9-24/h5-9,12-13,16-17,19,23,28H,4,10-11,14-15,20-21H2,1-3H3/t28-/m1/s1. The van der Waals surface area contributed by atoms with E-state index in [2.05, 4.69) is 24.0 Å². The lowest BCUT2D eigenvalue weighted by Gasteiger charge is -2.27. The monoisotopic (exact) mass is 581 g/mol. The van der Waals surface area contributed by atoms with Gasteiger partial charge in [-0.25, -0.2) is 14.6 Å². The third-order valence-corrected chi connectivity index (χ3v) is 7.87. The molecule has 222 valence electrons. The lowest BCUT2D eigenvalue weighted by Crippen LogP contribution is -2.39. The van der Waals surface area contributed by atoms with Crippen molar-refractivity contribution in [1.29, 1.82) is 5.26 Å². The molecule has 5 rings (SSSR count). The number of nitriles is 1. The number of amides is 2. The number of cyclic esters (lactones) is 1. The van der Waals surface area contributed by atoms with E-state index in [1.807, 2.05) is 25.1 Å². The summed E-state index contributed by atoms with van der Waals surface area (Å²) in [7, 11) is 1.96. The van der Waals surface area contributed by atoms with Crippen LogP contribution in [0.2, 0.25) is 0 Å². The van der Waals surface area contributed by atoms with Crippen molar-refractivity contribution in [2.24, 2.45) is 0 Å². The number of benzene rings is 2. The van der Waals surface area contributed by atoms with Gasteiger partial charge in [0.05, 0.1) is 16.7 Å². The van der Waals surface area contributed by atoms with Gasteiger partial charge in [-0.15, -0.1) is 0 Å². The molecule has 2 amide bonds. The highest BCUT2D eigenvalue weighted by atomic mass is 16.6. The summed E-state index contributed by atoms with van der Waals surface area (Å²) in [6.45, 7) is 5.36. The average Bonchev–Trinajstić information content (AvgIpc) is 3.82. The maximum absolute atomic E-state index is 13.5. The smallest absolute Gasteiger partial charge is 0.414 e. The molecule has 43 heavy (non-hydrogen) atoms. The normalized spacial score (nSPS) is 15.9. The molecule has 2 aromatic carbocycles. The first-order valence-electron chi connectivity index (χ1n) is 14.5. The molecule has 2 fully saturated rings. The number of aromatic nitrogens is 1. The Kier molecular flexibility index (Phi) is 8.90. The van der Waals surface area contributed by atoms with Gasteiger partial charge < -0.3 is 19.3 Å². The van der Waals surface area contributed by atoms with Crippen LogP contribution in [0.25, 0.3) is 0 Å². The van der Waals surface area contributed by atoms with E-state index < -0.39 is 18.1 Å². The summed E-state index contributed by atoms with van der Waals surface area (Å²) in [6.07, 6.45) is 3.79. The Bertz CT molecular complexity index is 1550. The lowest BCUT2D eigenvalue weighted by atomic mass is 10.0. The van der Waals surface area contributed by atoms with Gasteiger partial charge >= 0.3 is 12.1 Å². The highest BCUT2D eigenvalue weighted by Crippen LogP contribution is 2.40. The van der Waals surface area contributed by atoms with E-state index in [0.717, 1.165) is 11.4 Å². The fraction of sp³-hybridized carbons (Fsp3) is 0.364. The first kappa shape index (κ1) is 29.6. The molecule has 2 heterocycles. The molecule has 1 atom stereocenters. The largest absolute Gasteiger partial charge is 0.460 e. The quantitative estimate of drug-likeness (QED) is 0.293. The molecule has 0 N–H and O–H groups in total. The molecule has 0 unspecified atom stereocenters. The first-order valence-corrected chi connectivity index (χ1v) is 14.5. The summed E-state index contributed by atoms with van der Waals surface area (Å²) in [5, 5.41) is 9.94. The Labute approximate surface area is 251 Å². The first-order chi connectivity index (χ1) is 20.8. The zero-order chi connectivity index (χ0) is 30.5. The molecule has 1 aliphatic carbocycles. The fourth-order valence-electron chi connectivity index (χ4n) is 5.27. The van der Waals surface area contributed by atoms with Crippen molar-refractivity contribution < 1.29 is 23.9 Å². The Morgan fingerprint density at radius 3 is 2.58 bits per heavy atom. The van der Waals surface area contributed by atoms with E-state index in [9.17, 15) is 19.6 Å². The van der Waals surface area contributed by atoms with Gasteiger partial charge in [0, 0.05) is 38.6 Å². The molecule has 1 aromatic heterocycles. The molecule has 10 heteroatoms. The summed E-state index contributed by atoms with van der Waals surface area (Å²) < 4.78 is 10.7. The highest BCUT2D eigenvalue weighted by molar-refractivity contribution is 5.98. The number of rotatable bonds is 11. The molecule has 3 aromatic rings. The number of hydrogen-bond acceptors (Lipinski definition) is 8. The van der Waals surface area contributed by atoms with Gasteiger partial charge in [0.25, 0.3) is 5.91 Å². The van der Waals surface area contributed by atoms with E-state index in [1.165, 1.54) is 29.4 Å². The van der Waals surface area contributed by atoms with Gasteiger partial charge in [-0.05, 0) is 74.1 Å². The predicted octanol–water partition coefficient (Wildman–Crippen LogP) is 4.92. The Balaban J connectivity index is 1.25. The zero-order valence-corrected chi connectivity index (χ0v) is 24.7. The maximum atomic E-state index is 13.5. The van der Waals surface area contributed by atoms with Crippen molar-refractivity contribution in [1.82, 2.24) is 9.88 Å². The third kappa shape index (κ3) is 6.61. The summed E-state index contributed by atoms with van der Waals surface area (Å²) >= 11 is 0. The fourth-order valence-corrected chi connectivity index (χ4v) is 5.27. The number of esters is 1. The van der Waals surface area contributed by atoms with E-state index in [0.29, 0.717) is 36.8 Å². The summed E-state index contributed by atoms with van der Waals surface area (Å²) in [5.74, 6) is 0.741. The Morgan fingerprint density at radius 1 is 1.14 bits per heavy atom. The topological polar surface area (TPSA) is 116 Å². The van der Waals surface area contributed by atoms with Crippen molar-refractivity contribution in [2.75, 3.05) is 49.7 Å². The van der Waals surface area contributed by atoms with Gasteiger partial charge in [0.2, 0.25) is 0 Å². The van der Waals surface area contributed by atoms with Crippen molar-refractivity contribution in [3.05, 3.63) is 88.6 Å². The minimum atomic E-state index is -0.615. The number of anilines is 2. The second-order valence-corrected chi connectivity index (χ2v) is 10.9. The van der Waals surface area contributed by atoms with E-state index >= 15 is 0 Å². The molecule has 0 spiro atoms. The van der Waals surface area contributed by atoms with Gasteiger partial charge in [-0.1, -0.05) is 24.3 Å². The number of hydrogen-bond donors (Lipinski definition) is 0. The van der Waals surface area contributed by atoms with E-state index in [4.69, 9.17) is 9.47 Å². The summed E-state index contributed by atoms with van der Waals surface area (Å²) in [5.41, 5.74) is 3.57. The second kappa shape index (κ2) is 12.9. The van der Waals surface area contributed by atoms with Crippen LogP contribution in [-0.2, 0) is 9.47 Å². The zero-order valence-electron chi connectivity index (χ0n) is 24.7. The highest BCUT2D eigenvalue weighted by Gasteiger charge is 2.36. The van der Waals surface area contributed by atoms with Crippen LogP contribution in [0.3, 0.4) is 0 Å². The lowest BCUT2D eigenvalue weighted by molar-refractivity contribution is 0.0475. The molecule has 1 saturated heterocycles. The number of aryl methyl sites for hydroxylation is 1. The van der Waals surface area contributed by atoms with Crippen molar-refractivity contribution in [2.45, 2.75) is 38.6 Å². The Morgan fingerprint density at radius 2 is 1.91 bits per heavy atom. The third-order valence-electron chi connectivity index (χ3n) is 7.87. The molecule has 10 nitrogen and oxygen atoms in total. The van der Waals surface area contributed by atoms with Gasteiger partial charge in [0.1, 0.15) is 31.1 Å². The van der Waals surface area contributed by atoms with Crippen LogP contribution >= 0.6 is 0 Å². The van der Waals surface area contributed by atoms with Gasteiger partial charge in [0.15, 0.2) is 0 Å². The van der Waals surface area contributed by atoms with E-state index in [1.54, 1.807) is 47.4 Å². The molecular formula is C33H35N5O5. The van der Waals surface area contributed by atoms with Crippen LogP contribution in [0.4, 0.5) is 16.3 Å². The van der Waals surface area contributed by atoms with Crippen molar-refractivity contribution in [3.63, 3.8) is 0 Å². The molecule has 1 aliphatic heterocycles. The van der Waals surface area contributed by atoms with Crippen LogP contribution in [0.1, 0.15) is 63.1 Å². The predicted molar refractivity (Wildman–Crippen MR) is 161 cm³/mol. The van der Waals surface area contributed by atoms with Crippen molar-refractivity contribution >= 4 is 29.5 Å². The summed E-state index contributed by atoms with van der Waals surface area (Å²) in [6, 6.07) is 17.0. The molecule has 0 radical (unpaired) electrons. The number of nitrogens with zero attached hydrogens (tertiary/aromatic N) is 5. The van der Waals surface area contributed by atoms with Crippen LogP contribution in [-0.4, -0.2) is 73.8 Å². The van der Waals surface area contributed by atoms with Crippen LogP contribution in [0.15, 0.2) is 60.8 Å². The number of likely N-dealkylation sites (N-methyl/N-ethyl adjacent to an activating group) is 2. The maximum Gasteiger partial charge on any atom is 0.414 e. The van der Waals surface area contributed by atoms with E-state index in [-0.39, 0.29) is 30.2 Å². The van der Waals surface area contributed by atoms with Gasteiger partial charge in [-0.2, -0.15) is 5.26 Å². The average molecular weight is 582 g/mol. The molecule has 2 aliphatic rings.